The summed E-state index contributed by atoms with van der Waals surface area (Å²) in [6.45, 7) is 6.44. The van der Waals surface area contributed by atoms with Crippen LogP contribution in [-0.2, 0) is 0 Å². The maximum atomic E-state index is 12.4. The fraction of sp³-hybridized carbons (Fsp3) is 0.316. The minimum atomic E-state index is -0.133. The van der Waals surface area contributed by atoms with Crippen molar-refractivity contribution >= 4 is 23.2 Å². The molecule has 1 unspecified atom stereocenters. The Hall–Kier alpha value is -2.04. The van der Waals surface area contributed by atoms with Crippen LogP contribution in [0.2, 0.25) is 5.02 Å². The first-order valence-electron chi connectivity index (χ1n) is 8.19. The number of nitrogen functional groups attached to an aromatic ring is 1. The number of nitrogens with two attached hydrogens (primary N) is 1. The normalized spacial score (nSPS) is 12.2. The molecule has 0 aliphatic carbocycles. The molecule has 0 aromatic heterocycles. The Balaban J connectivity index is 2.17. The maximum Gasteiger partial charge on any atom is 0.251 e. The van der Waals surface area contributed by atoms with Gasteiger partial charge < -0.3 is 11.1 Å². The molecule has 0 spiro atoms. The van der Waals surface area contributed by atoms with Crippen molar-refractivity contribution in [3.8, 4) is 0 Å². The Morgan fingerprint density at radius 3 is 2.50 bits per heavy atom. The van der Waals surface area contributed by atoms with E-state index >= 15 is 0 Å². The highest BCUT2D eigenvalue weighted by Gasteiger charge is 2.21. The number of carbonyl (C=O) groups is 1. The molecule has 0 saturated heterocycles. The Morgan fingerprint density at radius 2 is 1.88 bits per heavy atom. The van der Waals surface area contributed by atoms with Crippen LogP contribution in [-0.4, -0.2) is 30.4 Å². The maximum absolute atomic E-state index is 12.4. The number of anilines is 1. The smallest absolute Gasteiger partial charge is 0.251 e. The molecule has 5 heteroatoms. The minimum absolute atomic E-state index is 0.0266. The molecule has 1 atom stereocenters. The number of nitrogens with zero attached hydrogens (tertiary/aromatic N) is 1. The molecule has 128 valence electrons. The summed E-state index contributed by atoms with van der Waals surface area (Å²) in [5.41, 5.74) is 7.91. The predicted octanol–water partition coefficient (Wildman–Crippen LogP) is 3.74. The van der Waals surface area contributed by atoms with E-state index < -0.39 is 0 Å². The number of rotatable bonds is 7. The average Bonchev–Trinajstić information content (AvgIpc) is 2.59. The predicted molar refractivity (Wildman–Crippen MR) is 100 cm³/mol. The van der Waals surface area contributed by atoms with Crippen molar-refractivity contribution in [3.63, 3.8) is 0 Å². The van der Waals surface area contributed by atoms with Crippen LogP contribution in [0.4, 0.5) is 5.69 Å². The van der Waals surface area contributed by atoms with E-state index in [0.717, 1.165) is 18.7 Å². The number of hydrogen-bond donors (Lipinski definition) is 2. The zero-order valence-corrected chi connectivity index (χ0v) is 14.9. The van der Waals surface area contributed by atoms with Crippen molar-refractivity contribution in [3.05, 3.63) is 64.7 Å². The van der Waals surface area contributed by atoms with Gasteiger partial charge in [0.2, 0.25) is 0 Å². The van der Waals surface area contributed by atoms with Crippen LogP contribution in [0, 0.1) is 0 Å². The summed E-state index contributed by atoms with van der Waals surface area (Å²) in [5, 5.41) is 3.72. The second kappa shape index (κ2) is 8.71. The van der Waals surface area contributed by atoms with Crippen LogP contribution in [0.25, 0.3) is 0 Å². The fourth-order valence-electron chi connectivity index (χ4n) is 2.82. The summed E-state index contributed by atoms with van der Waals surface area (Å²) in [5.74, 6) is -0.133. The Kier molecular flexibility index (Phi) is 6.64. The molecular weight excluding hydrogens is 322 g/mol. The standard InChI is InChI=1S/C19H24ClN3O/c1-3-23(4-2)18(16-10-5-6-11-17(16)20)13-22-19(24)14-8-7-9-15(21)12-14/h5-12,18H,3-4,13,21H2,1-2H3,(H,22,24). The third kappa shape index (κ3) is 4.49. The summed E-state index contributed by atoms with van der Waals surface area (Å²) in [7, 11) is 0. The third-order valence-electron chi connectivity index (χ3n) is 4.12. The second-order valence-corrected chi connectivity index (χ2v) is 6.00. The highest BCUT2D eigenvalue weighted by atomic mass is 35.5. The summed E-state index contributed by atoms with van der Waals surface area (Å²) in [6.07, 6.45) is 0. The van der Waals surface area contributed by atoms with Crippen LogP contribution < -0.4 is 11.1 Å². The van der Waals surface area contributed by atoms with Gasteiger partial charge in [-0.25, -0.2) is 0 Å². The molecule has 1 amide bonds. The fourth-order valence-corrected chi connectivity index (χ4v) is 3.08. The quantitative estimate of drug-likeness (QED) is 0.752. The number of carbonyl (C=O) groups excluding carboxylic acids is 1. The van der Waals surface area contributed by atoms with Crippen molar-refractivity contribution in [2.75, 3.05) is 25.4 Å². The lowest BCUT2D eigenvalue weighted by atomic mass is 10.0. The first kappa shape index (κ1) is 18.3. The largest absolute Gasteiger partial charge is 0.399 e. The molecule has 0 heterocycles. The molecule has 0 radical (unpaired) electrons. The van der Waals surface area contributed by atoms with Gasteiger partial charge in [0.25, 0.3) is 5.91 Å². The molecule has 0 aliphatic rings. The van der Waals surface area contributed by atoms with Gasteiger partial charge >= 0.3 is 0 Å². The molecule has 0 fully saturated rings. The van der Waals surface area contributed by atoms with E-state index in [-0.39, 0.29) is 11.9 Å². The topological polar surface area (TPSA) is 58.4 Å². The molecule has 24 heavy (non-hydrogen) atoms. The Labute approximate surface area is 148 Å². The van der Waals surface area contributed by atoms with E-state index in [1.165, 1.54) is 0 Å². The molecule has 0 aliphatic heterocycles. The van der Waals surface area contributed by atoms with Crippen LogP contribution in [0.3, 0.4) is 0 Å². The monoisotopic (exact) mass is 345 g/mol. The van der Waals surface area contributed by atoms with Crippen LogP contribution >= 0.6 is 11.6 Å². The van der Waals surface area contributed by atoms with Gasteiger partial charge in [0, 0.05) is 22.8 Å². The van der Waals surface area contributed by atoms with E-state index in [1.54, 1.807) is 24.3 Å². The second-order valence-electron chi connectivity index (χ2n) is 5.59. The zero-order valence-electron chi connectivity index (χ0n) is 14.1. The number of halogens is 1. The van der Waals surface area contributed by atoms with Gasteiger partial charge in [-0.1, -0.05) is 49.7 Å². The Morgan fingerprint density at radius 1 is 1.17 bits per heavy atom. The SMILES string of the molecule is CCN(CC)C(CNC(=O)c1cccc(N)c1)c1ccccc1Cl. The molecule has 2 aromatic carbocycles. The van der Waals surface area contributed by atoms with Crippen molar-refractivity contribution in [1.82, 2.24) is 10.2 Å². The summed E-state index contributed by atoms with van der Waals surface area (Å²) in [4.78, 5) is 14.7. The van der Waals surface area contributed by atoms with Crippen molar-refractivity contribution in [2.45, 2.75) is 19.9 Å². The highest BCUT2D eigenvalue weighted by molar-refractivity contribution is 6.31. The molecular formula is C19H24ClN3O. The van der Waals surface area contributed by atoms with Gasteiger partial charge in [-0.05, 0) is 42.9 Å². The van der Waals surface area contributed by atoms with Crippen molar-refractivity contribution < 1.29 is 4.79 Å². The summed E-state index contributed by atoms with van der Waals surface area (Å²) >= 11 is 6.37. The molecule has 4 nitrogen and oxygen atoms in total. The molecule has 2 aromatic rings. The van der Waals surface area contributed by atoms with Crippen molar-refractivity contribution in [2.24, 2.45) is 0 Å². The average molecular weight is 346 g/mol. The first-order valence-corrected chi connectivity index (χ1v) is 8.56. The van der Waals surface area contributed by atoms with Gasteiger partial charge in [0.05, 0.1) is 6.04 Å². The van der Waals surface area contributed by atoms with Gasteiger partial charge in [-0.2, -0.15) is 0 Å². The van der Waals surface area contributed by atoms with Crippen LogP contribution in [0.5, 0.6) is 0 Å². The van der Waals surface area contributed by atoms with E-state index in [1.807, 2.05) is 24.3 Å². The molecule has 0 bridgehead atoms. The first-order chi connectivity index (χ1) is 11.6. The lowest BCUT2D eigenvalue weighted by molar-refractivity contribution is 0.0935. The van der Waals surface area contributed by atoms with Gasteiger partial charge in [-0.15, -0.1) is 0 Å². The number of hydrogen-bond acceptors (Lipinski definition) is 3. The van der Waals surface area contributed by atoms with E-state index in [0.29, 0.717) is 22.8 Å². The summed E-state index contributed by atoms with van der Waals surface area (Å²) < 4.78 is 0. The number of benzene rings is 2. The molecule has 0 saturated carbocycles. The third-order valence-corrected chi connectivity index (χ3v) is 4.47. The van der Waals surface area contributed by atoms with E-state index in [4.69, 9.17) is 17.3 Å². The van der Waals surface area contributed by atoms with Gasteiger partial charge in [-0.3, -0.25) is 9.69 Å². The molecule has 2 rings (SSSR count). The summed E-state index contributed by atoms with van der Waals surface area (Å²) in [6, 6.07) is 14.8. The number of nitrogens with one attached hydrogen (secondary N) is 1. The van der Waals surface area contributed by atoms with Crippen molar-refractivity contribution in [1.29, 1.82) is 0 Å². The highest BCUT2D eigenvalue weighted by Crippen LogP contribution is 2.27. The minimum Gasteiger partial charge on any atom is -0.399 e. The van der Waals surface area contributed by atoms with Crippen LogP contribution in [0.15, 0.2) is 48.5 Å². The van der Waals surface area contributed by atoms with Gasteiger partial charge in [0.15, 0.2) is 0 Å². The Bertz CT molecular complexity index is 686. The zero-order chi connectivity index (χ0) is 17.5. The van der Waals surface area contributed by atoms with Crippen LogP contribution in [0.1, 0.15) is 35.8 Å². The number of amides is 1. The lowest BCUT2D eigenvalue weighted by Gasteiger charge is -2.31. The lowest BCUT2D eigenvalue weighted by Crippen LogP contribution is -2.38. The van der Waals surface area contributed by atoms with E-state index in [2.05, 4.69) is 24.1 Å². The van der Waals surface area contributed by atoms with E-state index in [9.17, 15) is 4.79 Å². The number of likely N-dealkylation sites (N-methyl/N-ethyl adjacent to an activating group) is 1. The molecule has 3 N–H and O–H groups in total. The van der Waals surface area contributed by atoms with Gasteiger partial charge in [0.1, 0.15) is 0 Å².